The number of alkyl halides is 3. The number of nitrogens with zero attached hydrogens (tertiary/aromatic N) is 3. The second-order valence-corrected chi connectivity index (χ2v) is 7.27. The highest BCUT2D eigenvalue weighted by Crippen LogP contribution is 2.33. The molecule has 2 heterocycles. The van der Waals surface area contributed by atoms with E-state index in [1.807, 2.05) is 0 Å². The molecule has 0 bridgehead atoms. The Morgan fingerprint density at radius 2 is 2.04 bits per heavy atom. The molecule has 0 saturated carbocycles. The smallest absolute Gasteiger partial charge is 0.296 e. The first-order chi connectivity index (χ1) is 13.1. The van der Waals surface area contributed by atoms with E-state index in [1.165, 1.54) is 31.4 Å². The van der Waals surface area contributed by atoms with Crippen LogP contribution in [0.1, 0.15) is 26.5 Å². The van der Waals surface area contributed by atoms with E-state index in [2.05, 4.69) is 15.4 Å². The molecule has 0 aliphatic heterocycles. The fourth-order valence-electron chi connectivity index (χ4n) is 2.31. The number of aromatic nitrogens is 3. The number of aryl methyl sites for hydroxylation is 1. The molecule has 28 heavy (non-hydrogen) atoms. The minimum Gasteiger partial charge on any atom is -0.296 e. The molecule has 1 aromatic carbocycles. The maximum Gasteiger partial charge on any atom is 0.416 e. The van der Waals surface area contributed by atoms with E-state index in [9.17, 15) is 22.8 Å². The Hall–Kier alpha value is -2.72. The van der Waals surface area contributed by atoms with Crippen molar-refractivity contribution in [1.82, 2.24) is 14.8 Å². The van der Waals surface area contributed by atoms with Gasteiger partial charge in [0.25, 0.3) is 11.5 Å². The molecule has 0 aliphatic carbocycles. The summed E-state index contributed by atoms with van der Waals surface area (Å²) in [6, 6.07) is 5.62. The van der Waals surface area contributed by atoms with Crippen LogP contribution in [0.25, 0.3) is 0 Å². The lowest BCUT2D eigenvalue weighted by Crippen LogP contribution is -2.23. The number of amides is 1. The number of carbonyl (C=O) groups excluding carboxylic acids is 1. The normalized spacial score (nSPS) is 11.5. The van der Waals surface area contributed by atoms with Gasteiger partial charge in [0.1, 0.15) is 5.69 Å². The standard InChI is InChI=1S/C17H12ClF3N4O2S/c1-25-14(26)5-4-13(24-25)15(27)23-16-22-8-11(28-16)7-9-6-10(17(19,20)21)2-3-12(9)18/h2-6,8H,7H2,1H3,(H,22,23,27). The van der Waals surface area contributed by atoms with E-state index < -0.39 is 17.6 Å². The maximum atomic E-state index is 12.9. The van der Waals surface area contributed by atoms with Gasteiger partial charge < -0.3 is 0 Å². The highest BCUT2D eigenvalue weighted by atomic mass is 35.5. The van der Waals surface area contributed by atoms with Gasteiger partial charge in [-0.3, -0.25) is 14.9 Å². The Morgan fingerprint density at radius 3 is 2.71 bits per heavy atom. The highest BCUT2D eigenvalue weighted by Gasteiger charge is 2.30. The van der Waals surface area contributed by atoms with Crippen LogP contribution in [0.15, 0.2) is 41.3 Å². The summed E-state index contributed by atoms with van der Waals surface area (Å²) in [5.41, 5.74) is -0.811. The molecule has 0 aliphatic rings. The first-order valence-electron chi connectivity index (χ1n) is 7.79. The summed E-state index contributed by atoms with van der Waals surface area (Å²) in [5.74, 6) is -0.561. The number of nitrogens with one attached hydrogen (secondary N) is 1. The van der Waals surface area contributed by atoms with Crippen molar-refractivity contribution in [2.24, 2.45) is 7.05 Å². The van der Waals surface area contributed by atoms with Gasteiger partial charge in [0, 0.05) is 35.6 Å². The Labute approximate surface area is 165 Å². The van der Waals surface area contributed by atoms with Crippen LogP contribution in [0.2, 0.25) is 5.02 Å². The molecule has 0 unspecified atom stereocenters. The average Bonchev–Trinajstić information content (AvgIpc) is 3.05. The van der Waals surface area contributed by atoms with E-state index in [4.69, 9.17) is 11.6 Å². The van der Waals surface area contributed by atoms with Crippen molar-refractivity contribution in [1.29, 1.82) is 0 Å². The van der Waals surface area contributed by atoms with Gasteiger partial charge in [0.15, 0.2) is 5.13 Å². The molecule has 1 amide bonds. The van der Waals surface area contributed by atoms with Gasteiger partial charge in [-0.05, 0) is 29.8 Å². The molecule has 0 saturated heterocycles. The summed E-state index contributed by atoms with van der Waals surface area (Å²) in [6.45, 7) is 0. The van der Waals surface area contributed by atoms with Crippen molar-refractivity contribution >= 4 is 34.0 Å². The molecular weight excluding hydrogens is 417 g/mol. The highest BCUT2D eigenvalue weighted by molar-refractivity contribution is 7.15. The Kier molecular flexibility index (Phi) is 5.52. The summed E-state index contributed by atoms with van der Waals surface area (Å²) < 4.78 is 39.6. The van der Waals surface area contributed by atoms with Gasteiger partial charge in [-0.15, -0.1) is 11.3 Å². The minimum absolute atomic E-state index is 0.0276. The lowest BCUT2D eigenvalue weighted by molar-refractivity contribution is -0.137. The topological polar surface area (TPSA) is 76.9 Å². The SMILES string of the molecule is Cn1nc(C(=O)Nc2ncc(Cc3cc(C(F)(F)F)ccc3Cl)s2)ccc1=O. The van der Waals surface area contributed by atoms with E-state index in [-0.39, 0.29) is 27.8 Å². The fraction of sp³-hybridized carbons (Fsp3) is 0.176. The van der Waals surface area contributed by atoms with Crippen molar-refractivity contribution in [3.63, 3.8) is 0 Å². The molecule has 1 N–H and O–H groups in total. The molecule has 0 spiro atoms. The molecule has 11 heteroatoms. The summed E-state index contributed by atoms with van der Waals surface area (Å²) in [4.78, 5) is 28.2. The summed E-state index contributed by atoms with van der Waals surface area (Å²) in [6.07, 6.45) is -2.88. The van der Waals surface area contributed by atoms with Gasteiger partial charge in [-0.2, -0.15) is 18.3 Å². The first-order valence-corrected chi connectivity index (χ1v) is 8.99. The Morgan fingerprint density at radius 1 is 1.29 bits per heavy atom. The van der Waals surface area contributed by atoms with Gasteiger partial charge in [0.05, 0.1) is 5.56 Å². The minimum atomic E-state index is -4.46. The van der Waals surface area contributed by atoms with Gasteiger partial charge in [0.2, 0.25) is 0 Å². The van der Waals surface area contributed by atoms with Gasteiger partial charge in [-0.1, -0.05) is 11.6 Å². The molecular formula is C17H12ClF3N4O2S. The third-order valence-corrected chi connectivity index (χ3v) is 4.99. The number of thiazole rings is 1. The van der Waals surface area contributed by atoms with Gasteiger partial charge in [-0.25, -0.2) is 9.67 Å². The molecule has 0 atom stereocenters. The summed E-state index contributed by atoms with van der Waals surface area (Å²) in [7, 11) is 1.42. The molecule has 3 rings (SSSR count). The summed E-state index contributed by atoms with van der Waals surface area (Å²) >= 11 is 7.11. The number of hydrogen-bond acceptors (Lipinski definition) is 5. The number of anilines is 1. The zero-order valence-electron chi connectivity index (χ0n) is 14.2. The van der Waals surface area contributed by atoms with E-state index in [0.29, 0.717) is 10.4 Å². The second kappa shape index (κ2) is 7.72. The lowest BCUT2D eigenvalue weighted by atomic mass is 10.1. The monoisotopic (exact) mass is 428 g/mol. The van der Waals surface area contributed by atoms with Crippen molar-refractivity contribution in [2.75, 3.05) is 5.32 Å². The molecule has 6 nitrogen and oxygen atoms in total. The second-order valence-electron chi connectivity index (χ2n) is 5.75. The largest absolute Gasteiger partial charge is 0.416 e. The van der Waals surface area contributed by atoms with Crippen LogP contribution < -0.4 is 10.9 Å². The fourth-order valence-corrected chi connectivity index (χ4v) is 3.32. The van der Waals surface area contributed by atoms with Crippen molar-refractivity contribution in [3.05, 3.63) is 73.6 Å². The summed E-state index contributed by atoms with van der Waals surface area (Å²) in [5, 5.41) is 6.83. The molecule has 0 radical (unpaired) electrons. The number of carbonyl (C=O) groups is 1. The Balaban J connectivity index is 1.75. The third-order valence-electron chi connectivity index (χ3n) is 3.70. The number of benzene rings is 1. The third kappa shape index (κ3) is 4.57. The predicted octanol–water partition coefficient (Wildman–Crippen LogP) is 3.75. The zero-order chi connectivity index (χ0) is 20.5. The van der Waals surface area contributed by atoms with Crippen LogP contribution in [-0.4, -0.2) is 20.7 Å². The molecule has 0 fully saturated rings. The maximum absolute atomic E-state index is 12.9. The first kappa shape index (κ1) is 20.0. The van der Waals surface area contributed by atoms with Crippen molar-refractivity contribution < 1.29 is 18.0 Å². The van der Waals surface area contributed by atoms with Crippen LogP contribution >= 0.6 is 22.9 Å². The zero-order valence-corrected chi connectivity index (χ0v) is 15.8. The van der Waals surface area contributed by atoms with Crippen LogP contribution in [-0.2, 0) is 19.6 Å². The lowest BCUT2D eigenvalue weighted by Gasteiger charge is -2.09. The van der Waals surface area contributed by atoms with Crippen LogP contribution in [0.4, 0.5) is 18.3 Å². The molecule has 146 valence electrons. The number of halogens is 4. The predicted molar refractivity (Wildman–Crippen MR) is 98.8 cm³/mol. The van der Waals surface area contributed by atoms with Crippen LogP contribution in [0.3, 0.4) is 0 Å². The van der Waals surface area contributed by atoms with Crippen molar-refractivity contribution in [3.8, 4) is 0 Å². The van der Waals surface area contributed by atoms with Crippen LogP contribution in [0.5, 0.6) is 0 Å². The van der Waals surface area contributed by atoms with Crippen LogP contribution in [0, 0.1) is 0 Å². The average molecular weight is 429 g/mol. The van der Waals surface area contributed by atoms with Crippen molar-refractivity contribution in [2.45, 2.75) is 12.6 Å². The number of rotatable bonds is 4. The van der Waals surface area contributed by atoms with Gasteiger partial charge >= 0.3 is 6.18 Å². The molecule has 2 aromatic heterocycles. The number of hydrogen-bond donors (Lipinski definition) is 1. The molecule has 3 aromatic rings. The quantitative estimate of drug-likeness (QED) is 0.686. The van der Waals surface area contributed by atoms with E-state index in [0.717, 1.165) is 28.2 Å². The van der Waals surface area contributed by atoms with E-state index in [1.54, 1.807) is 0 Å². The van der Waals surface area contributed by atoms with E-state index >= 15 is 0 Å². The Bertz CT molecular complexity index is 1090.